The molecule has 0 aliphatic rings. The van der Waals surface area contributed by atoms with Crippen molar-refractivity contribution in [2.24, 2.45) is 5.73 Å². The lowest BCUT2D eigenvalue weighted by molar-refractivity contribution is -0.141. The molecule has 6 nitrogen and oxygen atoms in total. The lowest BCUT2D eigenvalue weighted by Gasteiger charge is -2.18. The van der Waals surface area contributed by atoms with Crippen LogP contribution in [0.25, 0.3) is 0 Å². The number of hydrogen-bond acceptors (Lipinski definition) is 4. The number of aliphatic carboxylic acids is 1. The number of carboxylic acids is 1. The fourth-order valence-electron chi connectivity index (χ4n) is 1.06. The molecule has 0 aromatic carbocycles. The summed E-state index contributed by atoms with van der Waals surface area (Å²) >= 11 is 1.42. The van der Waals surface area contributed by atoms with E-state index in [4.69, 9.17) is 10.8 Å². The van der Waals surface area contributed by atoms with E-state index in [0.29, 0.717) is 0 Å². The van der Waals surface area contributed by atoms with Crippen molar-refractivity contribution in [1.29, 1.82) is 0 Å². The molecule has 0 aromatic heterocycles. The van der Waals surface area contributed by atoms with Crippen LogP contribution in [0.2, 0.25) is 0 Å². The molecule has 1 atom stereocenters. The standard InChI is InChI=1S/C11H20N2O4S/c1-11(2,3)18-6-9(15)13-7(10(16)17)4-5-8(12)14/h7H,4-6H2,1-3H3,(H2,12,14)(H,13,15)(H,16,17). The summed E-state index contributed by atoms with van der Waals surface area (Å²) in [5.74, 6) is -1.92. The Hall–Kier alpha value is -1.24. The number of rotatable bonds is 7. The van der Waals surface area contributed by atoms with Crippen LogP contribution in [-0.4, -0.2) is 39.4 Å². The highest BCUT2D eigenvalue weighted by atomic mass is 32.2. The Labute approximate surface area is 111 Å². The highest BCUT2D eigenvalue weighted by molar-refractivity contribution is 8.01. The van der Waals surface area contributed by atoms with E-state index in [1.54, 1.807) is 0 Å². The second-order valence-electron chi connectivity index (χ2n) is 4.86. The first-order chi connectivity index (χ1) is 8.11. The molecule has 0 bridgehead atoms. The van der Waals surface area contributed by atoms with Crippen LogP contribution in [0.15, 0.2) is 0 Å². The van der Waals surface area contributed by atoms with Gasteiger partial charge >= 0.3 is 5.97 Å². The SMILES string of the molecule is CC(C)(C)SCC(=O)NC(CCC(N)=O)C(=O)O. The summed E-state index contributed by atoms with van der Waals surface area (Å²) in [6, 6.07) is -1.06. The first-order valence-electron chi connectivity index (χ1n) is 5.56. The van der Waals surface area contributed by atoms with Gasteiger partial charge in [0.2, 0.25) is 11.8 Å². The van der Waals surface area contributed by atoms with Crippen LogP contribution in [0.3, 0.4) is 0 Å². The minimum Gasteiger partial charge on any atom is -0.480 e. The molecule has 0 spiro atoms. The quantitative estimate of drug-likeness (QED) is 0.621. The van der Waals surface area contributed by atoms with Gasteiger partial charge in [-0.3, -0.25) is 9.59 Å². The summed E-state index contributed by atoms with van der Waals surface area (Å²) in [5, 5.41) is 11.3. The molecule has 0 fully saturated rings. The molecule has 18 heavy (non-hydrogen) atoms. The third kappa shape index (κ3) is 8.86. The molecule has 104 valence electrons. The summed E-state index contributed by atoms with van der Waals surface area (Å²) in [6.45, 7) is 5.89. The average molecular weight is 276 g/mol. The third-order valence-electron chi connectivity index (χ3n) is 1.95. The third-order valence-corrected chi connectivity index (χ3v) is 3.22. The lowest BCUT2D eigenvalue weighted by Crippen LogP contribution is -2.42. The maximum Gasteiger partial charge on any atom is 0.326 e. The van der Waals surface area contributed by atoms with Crippen LogP contribution < -0.4 is 11.1 Å². The average Bonchev–Trinajstić information content (AvgIpc) is 2.19. The van der Waals surface area contributed by atoms with Gasteiger partial charge in [-0.15, -0.1) is 11.8 Å². The van der Waals surface area contributed by atoms with Crippen molar-refractivity contribution >= 4 is 29.5 Å². The summed E-state index contributed by atoms with van der Waals surface area (Å²) < 4.78 is -0.0662. The van der Waals surface area contributed by atoms with Gasteiger partial charge in [-0.2, -0.15) is 0 Å². The predicted octanol–water partition coefficient (Wildman–Crippen LogP) is 0.353. The van der Waals surface area contributed by atoms with Crippen molar-refractivity contribution in [2.45, 2.75) is 44.4 Å². The molecule has 7 heteroatoms. The van der Waals surface area contributed by atoms with Gasteiger partial charge in [0.25, 0.3) is 0 Å². The molecule has 0 aliphatic carbocycles. The summed E-state index contributed by atoms with van der Waals surface area (Å²) in [7, 11) is 0. The van der Waals surface area contributed by atoms with Crippen LogP contribution in [0.5, 0.6) is 0 Å². The van der Waals surface area contributed by atoms with Gasteiger partial charge in [-0.25, -0.2) is 4.79 Å². The van der Waals surface area contributed by atoms with Gasteiger partial charge in [-0.05, 0) is 6.42 Å². The predicted molar refractivity (Wildman–Crippen MR) is 70.2 cm³/mol. The molecular formula is C11H20N2O4S. The number of hydrogen-bond donors (Lipinski definition) is 3. The first kappa shape index (κ1) is 16.8. The van der Waals surface area contributed by atoms with Crippen molar-refractivity contribution in [3.8, 4) is 0 Å². The Balaban J connectivity index is 4.20. The highest BCUT2D eigenvalue weighted by Crippen LogP contribution is 2.22. The topological polar surface area (TPSA) is 109 Å². The maximum absolute atomic E-state index is 11.5. The van der Waals surface area contributed by atoms with Crippen molar-refractivity contribution < 1.29 is 19.5 Å². The number of thioether (sulfide) groups is 1. The normalized spacial score (nSPS) is 12.8. The van der Waals surface area contributed by atoms with Gasteiger partial charge in [0.15, 0.2) is 0 Å². The largest absolute Gasteiger partial charge is 0.480 e. The van der Waals surface area contributed by atoms with E-state index < -0.39 is 17.9 Å². The van der Waals surface area contributed by atoms with Crippen LogP contribution in [0, 0.1) is 0 Å². The minimum absolute atomic E-state index is 0.0105. The molecular weight excluding hydrogens is 256 g/mol. The second-order valence-corrected chi connectivity index (χ2v) is 6.67. The van der Waals surface area contributed by atoms with E-state index in [-0.39, 0.29) is 29.2 Å². The Bertz CT molecular complexity index is 325. The molecule has 0 saturated heterocycles. The molecule has 0 aliphatic heterocycles. The minimum atomic E-state index is -1.16. The smallest absolute Gasteiger partial charge is 0.326 e. The number of nitrogens with one attached hydrogen (secondary N) is 1. The van der Waals surface area contributed by atoms with Gasteiger partial charge in [0, 0.05) is 11.2 Å². The van der Waals surface area contributed by atoms with E-state index in [1.165, 1.54) is 11.8 Å². The van der Waals surface area contributed by atoms with Crippen LogP contribution >= 0.6 is 11.8 Å². The molecule has 4 N–H and O–H groups in total. The Morgan fingerprint density at radius 2 is 1.89 bits per heavy atom. The Morgan fingerprint density at radius 1 is 1.33 bits per heavy atom. The van der Waals surface area contributed by atoms with Crippen molar-refractivity contribution in [3.05, 3.63) is 0 Å². The zero-order chi connectivity index (χ0) is 14.3. The molecule has 2 amide bonds. The molecule has 0 aromatic rings. The van der Waals surface area contributed by atoms with Crippen LogP contribution in [0.4, 0.5) is 0 Å². The Morgan fingerprint density at radius 3 is 2.28 bits per heavy atom. The molecule has 0 radical (unpaired) electrons. The fraction of sp³-hybridized carbons (Fsp3) is 0.727. The van der Waals surface area contributed by atoms with Crippen molar-refractivity contribution in [2.75, 3.05) is 5.75 Å². The summed E-state index contributed by atoms with van der Waals surface area (Å²) in [6.07, 6.45) is -0.0553. The number of primary amides is 1. The number of carbonyl (C=O) groups excluding carboxylic acids is 2. The van der Waals surface area contributed by atoms with E-state index in [2.05, 4.69) is 5.32 Å². The van der Waals surface area contributed by atoms with Crippen LogP contribution in [0.1, 0.15) is 33.6 Å². The fourth-order valence-corrected chi connectivity index (χ4v) is 1.71. The lowest BCUT2D eigenvalue weighted by atomic mass is 10.1. The summed E-state index contributed by atoms with van der Waals surface area (Å²) in [4.78, 5) is 33.0. The second kappa shape index (κ2) is 7.25. The van der Waals surface area contributed by atoms with E-state index in [0.717, 1.165) is 0 Å². The molecule has 0 rings (SSSR count). The first-order valence-corrected chi connectivity index (χ1v) is 6.55. The number of nitrogens with two attached hydrogens (primary N) is 1. The van der Waals surface area contributed by atoms with Crippen molar-refractivity contribution in [3.63, 3.8) is 0 Å². The van der Waals surface area contributed by atoms with E-state index in [1.807, 2.05) is 20.8 Å². The zero-order valence-corrected chi connectivity index (χ0v) is 11.7. The zero-order valence-electron chi connectivity index (χ0n) is 10.9. The van der Waals surface area contributed by atoms with E-state index >= 15 is 0 Å². The monoisotopic (exact) mass is 276 g/mol. The number of carboxylic acid groups (broad SMARTS) is 1. The van der Waals surface area contributed by atoms with Gasteiger partial charge < -0.3 is 16.2 Å². The van der Waals surface area contributed by atoms with E-state index in [9.17, 15) is 14.4 Å². The number of carbonyl (C=O) groups is 3. The molecule has 0 saturated carbocycles. The van der Waals surface area contributed by atoms with Gasteiger partial charge in [0.1, 0.15) is 6.04 Å². The van der Waals surface area contributed by atoms with Gasteiger partial charge in [-0.1, -0.05) is 20.8 Å². The molecule has 1 unspecified atom stereocenters. The Kier molecular flexibility index (Phi) is 6.75. The van der Waals surface area contributed by atoms with Gasteiger partial charge in [0.05, 0.1) is 5.75 Å². The molecule has 0 heterocycles. The number of amides is 2. The highest BCUT2D eigenvalue weighted by Gasteiger charge is 2.21. The maximum atomic E-state index is 11.5. The van der Waals surface area contributed by atoms with Crippen molar-refractivity contribution in [1.82, 2.24) is 5.32 Å². The van der Waals surface area contributed by atoms with Crippen LogP contribution in [-0.2, 0) is 14.4 Å². The summed E-state index contributed by atoms with van der Waals surface area (Å²) in [5.41, 5.74) is 4.94.